The summed E-state index contributed by atoms with van der Waals surface area (Å²) >= 11 is 0. The van der Waals surface area contributed by atoms with Gasteiger partial charge in [-0.15, -0.1) is 0 Å². The fourth-order valence-corrected chi connectivity index (χ4v) is 1.83. The first-order valence-corrected chi connectivity index (χ1v) is 5.90. The molecule has 0 aliphatic heterocycles. The van der Waals surface area contributed by atoms with E-state index in [1.165, 1.54) is 12.1 Å². The average Bonchev–Trinajstić information content (AvgIpc) is 2.40. The minimum absolute atomic E-state index is 0.0825. The van der Waals surface area contributed by atoms with E-state index in [-0.39, 0.29) is 23.6 Å². The van der Waals surface area contributed by atoms with Crippen LogP contribution in [0.15, 0.2) is 36.4 Å². The molecule has 0 aromatic heterocycles. The van der Waals surface area contributed by atoms with Crippen LogP contribution in [0.25, 0.3) is 0 Å². The van der Waals surface area contributed by atoms with Gasteiger partial charge in [0.15, 0.2) is 0 Å². The minimum Gasteiger partial charge on any atom is -0.381 e. The van der Waals surface area contributed by atoms with Crippen molar-refractivity contribution in [1.29, 1.82) is 0 Å². The molecule has 0 atom stereocenters. The number of nitro groups is 1. The van der Waals surface area contributed by atoms with E-state index >= 15 is 0 Å². The van der Waals surface area contributed by atoms with Crippen LogP contribution in [-0.4, -0.2) is 4.92 Å². The van der Waals surface area contributed by atoms with Crippen molar-refractivity contribution >= 4 is 11.4 Å². The summed E-state index contributed by atoms with van der Waals surface area (Å²) in [6, 6.07) is 7.69. The van der Waals surface area contributed by atoms with E-state index in [9.17, 15) is 18.9 Å². The third-order valence-electron chi connectivity index (χ3n) is 2.88. The SMILES string of the molecule is Cc1cc(NCc2cc(F)ccc2[N+](=O)[O-])ccc1F. The van der Waals surface area contributed by atoms with Gasteiger partial charge in [0.25, 0.3) is 5.69 Å². The first kappa shape index (κ1) is 13.9. The van der Waals surface area contributed by atoms with Crippen molar-refractivity contribution in [3.05, 3.63) is 69.3 Å². The number of nitrogens with one attached hydrogen (secondary N) is 1. The average molecular weight is 278 g/mol. The zero-order valence-corrected chi connectivity index (χ0v) is 10.7. The lowest BCUT2D eigenvalue weighted by Crippen LogP contribution is -2.04. The number of aryl methyl sites for hydroxylation is 1. The Morgan fingerprint density at radius 2 is 1.95 bits per heavy atom. The Morgan fingerprint density at radius 1 is 1.20 bits per heavy atom. The van der Waals surface area contributed by atoms with Crippen molar-refractivity contribution < 1.29 is 13.7 Å². The lowest BCUT2D eigenvalue weighted by Gasteiger charge is -2.08. The monoisotopic (exact) mass is 278 g/mol. The summed E-state index contributed by atoms with van der Waals surface area (Å²) in [7, 11) is 0. The molecule has 104 valence electrons. The molecule has 0 fully saturated rings. The molecule has 1 N–H and O–H groups in total. The van der Waals surface area contributed by atoms with E-state index in [0.717, 1.165) is 18.2 Å². The van der Waals surface area contributed by atoms with Gasteiger partial charge in [-0.05, 0) is 42.8 Å². The molecule has 0 amide bonds. The molecule has 4 nitrogen and oxygen atoms in total. The molecule has 0 bridgehead atoms. The van der Waals surface area contributed by atoms with E-state index < -0.39 is 10.7 Å². The Hall–Kier alpha value is -2.50. The highest BCUT2D eigenvalue weighted by atomic mass is 19.1. The zero-order valence-electron chi connectivity index (χ0n) is 10.7. The van der Waals surface area contributed by atoms with E-state index in [1.54, 1.807) is 13.0 Å². The molecular formula is C14H12F2N2O2. The molecule has 0 saturated carbocycles. The van der Waals surface area contributed by atoms with Gasteiger partial charge in [0.1, 0.15) is 11.6 Å². The molecule has 0 spiro atoms. The number of hydrogen-bond acceptors (Lipinski definition) is 3. The molecule has 0 saturated heterocycles. The van der Waals surface area contributed by atoms with Gasteiger partial charge in [-0.2, -0.15) is 0 Å². The normalized spacial score (nSPS) is 10.3. The fourth-order valence-electron chi connectivity index (χ4n) is 1.83. The Labute approximate surface area is 114 Å². The highest BCUT2D eigenvalue weighted by Crippen LogP contribution is 2.21. The first-order chi connectivity index (χ1) is 9.47. The van der Waals surface area contributed by atoms with Crippen LogP contribution in [0.2, 0.25) is 0 Å². The molecule has 0 radical (unpaired) electrons. The molecule has 2 rings (SSSR count). The van der Waals surface area contributed by atoms with Gasteiger partial charge in [-0.3, -0.25) is 10.1 Å². The summed E-state index contributed by atoms with van der Waals surface area (Å²) in [4.78, 5) is 10.3. The van der Waals surface area contributed by atoms with E-state index in [1.807, 2.05) is 0 Å². The number of hydrogen-bond donors (Lipinski definition) is 1. The Bertz CT molecular complexity index is 660. The van der Waals surface area contributed by atoms with Crippen molar-refractivity contribution in [3.63, 3.8) is 0 Å². The topological polar surface area (TPSA) is 55.2 Å². The molecule has 2 aromatic carbocycles. The maximum atomic E-state index is 13.2. The van der Waals surface area contributed by atoms with Crippen molar-refractivity contribution in [2.45, 2.75) is 13.5 Å². The summed E-state index contributed by atoms with van der Waals surface area (Å²) in [5, 5.41) is 13.8. The number of nitrogens with zero attached hydrogens (tertiary/aromatic N) is 1. The second kappa shape index (κ2) is 5.64. The van der Waals surface area contributed by atoms with Crippen molar-refractivity contribution in [3.8, 4) is 0 Å². The standard InChI is InChI=1S/C14H12F2N2O2/c1-9-6-12(3-4-13(9)16)17-8-10-7-11(15)2-5-14(10)18(19)20/h2-7,17H,8H2,1H3. The summed E-state index contributed by atoms with van der Waals surface area (Å²) in [5.74, 6) is -0.866. The second-order valence-electron chi connectivity index (χ2n) is 4.35. The second-order valence-corrected chi connectivity index (χ2v) is 4.35. The third-order valence-corrected chi connectivity index (χ3v) is 2.88. The molecule has 6 heteroatoms. The quantitative estimate of drug-likeness (QED) is 0.683. The Morgan fingerprint density at radius 3 is 2.60 bits per heavy atom. The van der Waals surface area contributed by atoms with Crippen LogP contribution in [0, 0.1) is 28.7 Å². The largest absolute Gasteiger partial charge is 0.381 e. The van der Waals surface area contributed by atoms with Gasteiger partial charge in [0.05, 0.1) is 10.5 Å². The number of benzene rings is 2. The highest BCUT2D eigenvalue weighted by molar-refractivity contribution is 5.49. The van der Waals surface area contributed by atoms with Gasteiger partial charge in [-0.1, -0.05) is 0 Å². The van der Waals surface area contributed by atoms with Crippen LogP contribution < -0.4 is 5.32 Å². The van der Waals surface area contributed by atoms with Crippen molar-refractivity contribution in [2.75, 3.05) is 5.32 Å². The summed E-state index contributed by atoms with van der Waals surface area (Å²) in [6.07, 6.45) is 0. The van der Waals surface area contributed by atoms with Crippen molar-refractivity contribution in [1.82, 2.24) is 0 Å². The maximum absolute atomic E-state index is 13.2. The number of anilines is 1. The molecule has 2 aromatic rings. The lowest BCUT2D eigenvalue weighted by atomic mass is 10.1. The van der Waals surface area contributed by atoms with Crippen LogP contribution in [0.4, 0.5) is 20.2 Å². The number of nitro benzene ring substituents is 1. The molecule has 0 unspecified atom stereocenters. The first-order valence-electron chi connectivity index (χ1n) is 5.90. The molecule has 0 aliphatic carbocycles. The predicted octanol–water partition coefficient (Wildman–Crippen LogP) is 3.79. The molecule has 0 aliphatic rings. The minimum atomic E-state index is -0.563. The van der Waals surface area contributed by atoms with Crippen molar-refractivity contribution in [2.24, 2.45) is 0 Å². The molecule has 20 heavy (non-hydrogen) atoms. The van der Waals surface area contributed by atoms with Gasteiger partial charge < -0.3 is 5.32 Å². The van der Waals surface area contributed by atoms with Gasteiger partial charge in [0.2, 0.25) is 0 Å². The Kier molecular flexibility index (Phi) is 3.93. The highest BCUT2D eigenvalue weighted by Gasteiger charge is 2.14. The number of rotatable bonds is 4. The molecular weight excluding hydrogens is 266 g/mol. The van der Waals surface area contributed by atoms with Gasteiger partial charge in [-0.25, -0.2) is 8.78 Å². The van der Waals surface area contributed by atoms with E-state index in [4.69, 9.17) is 0 Å². The summed E-state index contributed by atoms with van der Waals surface area (Å²) in [5.41, 5.74) is 1.15. The van der Waals surface area contributed by atoms with Crippen LogP contribution in [0.1, 0.15) is 11.1 Å². The summed E-state index contributed by atoms with van der Waals surface area (Å²) < 4.78 is 26.3. The zero-order chi connectivity index (χ0) is 14.7. The van der Waals surface area contributed by atoms with Crippen LogP contribution >= 0.6 is 0 Å². The van der Waals surface area contributed by atoms with Crippen LogP contribution in [-0.2, 0) is 6.54 Å². The van der Waals surface area contributed by atoms with E-state index in [2.05, 4.69) is 5.32 Å². The predicted molar refractivity (Wildman–Crippen MR) is 71.5 cm³/mol. The van der Waals surface area contributed by atoms with Gasteiger partial charge in [0, 0.05) is 18.3 Å². The van der Waals surface area contributed by atoms with E-state index in [0.29, 0.717) is 11.3 Å². The maximum Gasteiger partial charge on any atom is 0.274 e. The fraction of sp³-hybridized carbons (Fsp3) is 0.143. The molecule has 0 heterocycles. The lowest BCUT2D eigenvalue weighted by molar-refractivity contribution is -0.385. The van der Waals surface area contributed by atoms with Crippen LogP contribution in [0.3, 0.4) is 0 Å². The summed E-state index contributed by atoms with van der Waals surface area (Å²) in [6.45, 7) is 1.70. The van der Waals surface area contributed by atoms with Crippen LogP contribution in [0.5, 0.6) is 0 Å². The smallest absolute Gasteiger partial charge is 0.274 e. The number of halogens is 2. The third kappa shape index (κ3) is 3.09. The Balaban J connectivity index is 2.20. The van der Waals surface area contributed by atoms with Gasteiger partial charge >= 0.3 is 0 Å².